The number of para-hydroxylation sites is 3. The van der Waals surface area contributed by atoms with Gasteiger partial charge in [-0.15, -0.1) is 11.3 Å². The summed E-state index contributed by atoms with van der Waals surface area (Å²) in [5.74, 6) is 0.431. The third-order valence-corrected chi connectivity index (χ3v) is 11.6. The molecule has 4 aromatic heterocycles. The molecule has 0 aliphatic carbocycles. The van der Waals surface area contributed by atoms with Crippen LogP contribution in [0.2, 0.25) is 0 Å². The van der Waals surface area contributed by atoms with Crippen LogP contribution in [-0.4, -0.2) is 14.5 Å². The molecule has 0 bridgehead atoms. The molecule has 0 spiro atoms. The van der Waals surface area contributed by atoms with Gasteiger partial charge in [0.25, 0.3) is 0 Å². The smallest absolute Gasteiger partial charge is 0.211 e. The predicted molar refractivity (Wildman–Crippen MR) is 224 cm³/mol. The summed E-state index contributed by atoms with van der Waals surface area (Å²) >= 11 is 1.78. The Morgan fingerprint density at radius 1 is 0.600 bits per heavy atom. The van der Waals surface area contributed by atoms with Gasteiger partial charge in [-0.1, -0.05) is 103 Å². The van der Waals surface area contributed by atoms with Crippen LogP contribution >= 0.6 is 11.3 Å². The fraction of sp³-hybridized carbons (Fsp3) is 0. The second kappa shape index (κ2) is 12.0. The number of thiophene rings is 1. The van der Waals surface area contributed by atoms with Crippen LogP contribution < -0.4 is 0 Å². The van der Waals surface area contributed by atoms with Crippen molar-refractivity contribution in [2.75, 3.05) is 0 Å². The Kier molecular flexibility index (Phi) is 6.75. The van der Waals surface area contributed by atoms with Gasteiger partial charge in [0.15, 0.2) is 5.82 Å². The summed E-state index contributed by atoms with van der Waals surface area (Å²) in [5, 5.41) is 17.4. The van der Waals surface area contributed by atoms with Gasteiger partial charge < -0.3 is 8.98 Å². The summed E-state index contributed by atoms with van der Waals surface area (Å²) < 4.78 is 11.0. The van der Waals surface area contributed by atoms with E-state index >= 15 is 0 Å². The lowest BCUT2D eigenvalue weighted by Gasteiger charge is -2.15. The Hall–Kier alpha value is -7.58. The van der Waals surface area contributed by atoms with Crippen molar-refractivity contribution in [3.63, 3.8) is 0 Å². The van der Waals surface area contributed by atoms with Crippen LogP contribution in [0.1, 0.15) is 5.56 Å². The van der Waals surface area contributed by atoms with Crippen LogP contribution in [0, 0.1) is 17.9 Å². The lowest BCUT2D eigenvalue weighted by molar-refractivity contribution is 0.669. The molecule has 55 heavy (non-hydrogen) atoms. The molecule has 0 fully saturated rings. The van der Waals surface area contributed by atoms with Crippen molar-refractivity contribution in [1.82, 2.24) is 14.5 Å². The van der Waals surface area contributed by atoms with Crippen molar-refractivity contribution < 1.29 is 4.42 Å². The maximum Gasteiger partial charge on any atom is 0.211 e. The van der Waals surface area contributed by atoms with E-state index in [1.54, 1.807) is 11.3 Å². The number of rotatable bonds is 4. The van der Waals surface area contributed by atoms with E-state index in [-0.39, 0.29) is 0 Å². The first-order valence-corrected chi connectivity index (χ1v) is 18.6. The molecule has 11 aromatic rings. The van der Waals surface area contributed by atoms with Crippen LogP contribution in [0.3, 0.4) is 0 Å². The average Bonchev–Trinajstić information content (AvgIpc) is 3.91. The Morgan fingerprint density at radius 3 is 2.16 bits per heavy atom. The first-order chi connectivity index (χ1) is 27.2. The number of nitriles is 1. The highest BCUT2D eigenvalue weighted by atomic mass is 32.1. The standard InChI is InChI=1S/C48H25N5OS/c1-50-38-24-29(22-23-40(38)53-39-19-8-5-14-30(39)35-25-36-32-16-7-10-21-43(32)55-44(36)26-41(35)53)46-37(27-49)45(28-12-3-2-4-13-28)51-48(52-46)34-18-11-17-33-31-15-6-9-20-42(31)54-47(33)34/h2-26H. The van der Waals surface area contributed by atoms with Crippen LogP contribution in [0.5, 0.6) is 0 Å². The van der Waals surface area contributed by atoms with Gasteiger partial charge in [-0.05, 0) is 54.1 Å². The SMILES string of the molecule is [C-]#[N+]c1cc(-c2nc(-c3cccc4c3oc3ccccc34)nc(-c3ccccc3)c2C#N)ccc1-n1c2ccccc2c2cc3c(cc21)sc1ccccc13. The van der Waals surface area contributed by atoms with Crippen molar-refractivity contribution >= 4 is 80.9 Å². The van der Waals surface area contributed by atoms with Gasteiger partial charge in [-0.3, -0.25) is 0 Å². The van der Waals surface area contributed by atoms with Gasteiger partial charge in [-0.25, -0.2) is 14.8 Å². The molecule has 7 aromatic carbocycles. The van der Waals surface area contributed by atoms with Gasteiger partial charge >= 0.3 is 0 Å². The first-order valence-electron chi connectivity index (χ1n) is 17.8. The second-order valence-corrected chi connectivity index (χ2v) is 14.6. The molecule has 254 valence electrons. The topological polar surface area (TPSA) is 72.0 Å². The van der Waals surface area contributed by atoms with E-state index < -0.39 is 0 Å². The number of fused-ring (bicyclic) bond motifs is 9. The van der Waals surface area contributed by atoms with E-state index in [9.17, 15) is 5.26 Å². The molecule has 0 saturated carbocycles. The largest absolute Gasteiger partial charge is 0.455 e. The van der Waals surface area contributed by atoms with Crippen molar-refractivity contribution in [2.45, 2.75) is 0 Å². The number of aromatic nitrogens is 3. The van der Waals surface area contributed by atoms with Gasteiger partial charge in [0.2, 0.25) is 5.69 Å². The molecule has 7 heteroatoms. The lowest BCUT2D eigenvalue weighted by Crippen LogP contribution is -2.02. The Labute approximate surface area is 318 Å². The normalized spacial score (nSPS) is 11.6. The molecule has 0 radical (unpaired) electrons. The summed E-state index contributed by atoms with van der Waals surface area (Å²) in [7, 11) is 0. The highest BCUT2D eigenvalue weighted by Gasteiger charge is 2.23. The summed E-state index contributed by atoms with van der Waals surface area (Å²) in [6.07, 6.45) is 0. The third kappa shape index (κ3) is 4.65. The number of hydrogen-bond donors (Lipinski definition) is 0. The van der Waals surface area contributed by atoms with Gasteiger partial charge in [0.05, 0.1) is 40.2 Å². The van der Waals surface area contributed by atoms with Crippen LogP contribution in [0.4, 0.5) is 5.69 Å². The number of benzene rings is 7. The summed E-state index contributed by atoms with van der Waals surface area (Å²) in [4.78, 5) is 14.2. The molecule has 0 N–H and O–H groups in total. The lowest BCUT2D eigenvalue weighted by atomic mass is 9.99. The monoisotopic (exact) mass is 719 g/mol. The number of hydrogen-bond acceptors (Lipinski definition) is 5. The zero-order chi connectivity index (χ0) is 36.6. The Morgan fingerprint density at radius 2 is 1.33 bits per heavy atom. The molecule has 0 amide bonds. The highest BCUT2D eigenvalue weighted by Crippen LogP contribution is 2.43. The maximum absolute atomic E-state index is 10.7. The molecule has 0 unspecified atom stereocenters. The van der Waals surface area contributed by atoms with Gasteiger partial charge in [0.1, 0.15) is 22.8 Å². The second-order valence-electron chi connectivity index (χ2n) is 13.5. The minimum Gasteiger partial charge on any atom is -0.455 e. The fourth-order valence-electron chi connectivity index (χ4n) is 8.02. The Bertz CT molecular complexity index is 3470. The molecule has 0 aliphatic heterocycles. The average molecular weight is 720 g/mol. The van der Waals surface area contributed by atoms with Crippen LogP contribution in [0.25, 0.3) is 108 Å². The number of furan rings is 1. The zero-order valence-electron chi connectivity index (χ0n) is 29.0. The van der Waals surface area contributed by atoms with Gasteiger partial charge in [0, 0.05) is 47.3 Å². The summed E-state index contributed by atoms with van der Waals surface area (Å²) in [5.41, 5.74) is 8.16. The van der Waals surface area contributed by atoms with Crippen LogP contribution in [-0.2, 0) is 0 Å². The molecule has 11 rings (SSSR count). The molecular weight excluding hydrogens is 695 g/mol. The minimum atomic E-state index is 0.333. The highest BCUT2D eigenvalue weighted by molar-refractivity contribution is 7.25. The van der Waals surface area contributed by atoms with Crippen molar-refractivity contribution in [2.24, 2.45) is 0 Å². The van der Waals surface area contributed by atoms with E-state index in [4.69, 9.17) is 21.0 Å². The minimum absolute atomic E-state index is 0.333. The van der Waals surface area contributed by atoms with Crippen molar-refractivity contribution in [1.29, 1.82) is 5.26 Å². The van der Waals surface area contributed by atoms with Crippen molar-refractivity contribution in [3.05, 3.63) is 169 Å². The molecule has 6 nitrogen and oxygen atoms in total. The summed E-state index contributed by atoms with van der Waals surface area (Å²) in [6.45, 7) is 8.47. The van der Waals surface area contributed by atoms with E-state index in [1.165, 1.54) is 20.2 Å². The van der Waals surface area contributed by atoms with Gasteiger partial charge in [-0.2, -0.15) is 5.26 Å². The number of nitrogens with zero attached hydrogens (tertiary/aromatic N) is 5. The third-order valence-electron chi connectivity index (χ3n) is 10.5. The summed E-state index contributed by atoms with van der Waals surface area (Å²) in [6, 6.07) is 53.3. The van der Waals surface area contributed by atoms with Crippen molar-refractivity contribution in [3.8, 4) is 45.7 Å². The molecule has 0 atom stereocenters. The first kappa shape index (κ1) is 31.0. The predicted octanol–water partition coefficient (Wildman–Crippen LogP) is 13.3. The maximum atomic E-state index is 10.7. The molecule has 0 aliphatic rings. The van der Waals surface area contributed by atoms with E-state index in [2.05, 4.69) is 70.1 Å². The Balaban J connectivity index is 1.15. The van der Waals surface area contributed by atoms with E-state index in [0.29, 0.717) is 39.6 Å². The molecule has 4 heterocycles. The molecular formula is C48H25N5OS. The van der Waals surface area contributed by atoms with E-state index in [0.717, 1.165) is 55.0 Å². The van der Waals surface area contributed by atoms with Crippen LogP contribution in [0.15, 0.2) is 156 Å². The molecule has 0 saturated heterocycles. The van der Waals surface area contributed by atoms with E-state index in [1.807, 2.05) is 97.1 Å². The zero-order valence-corrected chi connectivity index (χ0v) is 29.8. The fourth-order valence-corrected chi connectivity index (χ4v) is 9.14. The quantitative estimate of drug-likeness (QED) is 0.170.